The number of urea groups is 1. The molecule has 6 heteroatoms. The zero-order valence-electron chi connectivity index (χ0n) is 13.1. The predicted molar refractivity (Wildman–Crippen MR) is 95.8 cm³/mol. The highest BCUT2D eigenvalue weighted by atomic mass is 35.5. The number of anilines is 2. The summed E-state index contributed by atoms with van der Waals surface area (Å²) in [4.78, 5) is 15.3. The molecule has 0 saturated carbocycles. The van der Waals surface area contributed by atoms with E-state index in [4.69, 9.17) is 16.3 Å². The largest absolute Gasteiger partial charge is 0.491 e. The molecule has 0 radical (unpaired) electrons. The molecule has 120 valence electrons. The van der Waals surface area contributed by atoms with Crippen LogP contribution in [-0.2, 0) is 0 Å². The van der Waals surface area contributed by atoms with Crippen LogP contribution in [0.1, 0.15) is 13.8 Å². The number of nitrogens with zero attached hydrogens (tertiary/aromatic N) is 2. The second-order valence-electron chi connectivity index (χ2n) is 5.50. The third-order valence-electron chi connectivity index (χ3n) is 3.37. The quantitative estimate of drug-likeness (QED) is 0.714. The van der Waals surface area contributed by atoms with E-state index in [1.807, 2.05) is 44.2 Å². The van der Waals surface area contributed by atoms with Crippen molar-refractivity contribution in [3.63, 3.8) is 0 Å². The highest BCUT2D eigenvalue weighted by Gasteiger charge is 2.30. The second kappa shape index (κ2) is 6.34. The number of carbonyl (C=O) groups is 1. The molecular formula is C17H17ClN2O2S. The summed E-state index contributed by atoms with van der Waals surface area (Å²) in [5.74, 6) is 0.763. The van der Waals surface area contributed by atoms with Gasteiger partial charge < -0.3 is 4.74 Å². The fourth-order valence-electron chi connectivity index (χ4n) is 2.30. The van der Waals surface area contributed by atoms with Crippen molar-refractivity contribution in [1.82, 2.24) is 0 Å². The molecule has 0 saturated heterocycles. The standard InChI is InChI=1S/C17H17ClN2O2S/c1-11(2)22-14-8-9-16-15(10-14)19(3)17(21)20(23-16)13-6-4-12(18)5-7-13/h4-11H,1-3H3. The molecule has 2 aromatic rings. The van der Waals surface area contributed by atoms with Crippen molar-refractivity contribution in [3.8, 4) is 5.75 Å². The number of fused-ring (bicyclic) bond motifs is 1. The predicted octanol–water partition coefficient (Wildman–Crippen LogP) is 5.21. The molecule has 4 nitrogen and oxygen atoms in total. The van der Waals surface area contributed by atoms with E-state index in [-0.39, 0.29) is 12.1 Å². The zero-order chi connectivity index (χ0) is 16.6. The minimum absolute atomic E-state index is 0.0934. The van der Waals surface area contributed by atoms with Gasteiger partial charge in [-0.05, 0) is 62.2 Å². The van der Waals surface area contributed by atoms with Gasteiger partial charge in [-0.25, -0.2) is 9.10 Å². The molecule has 0 aliphatic carbocycles. The number of amides is 2. The van der Waals surface area contributed by atoms with Gasteiger partial charge in [0.1, 0.15) is 5.75 Å². The van der Waals surface area contributed by atoms with Gasteiger partial charge >= 0.3 is 6.03 Å². The van der Waals surface area contributed by atoms with Gasteiger partial charge in [-0.3, -0.25) is 4.90 Å². The Hall–Kier alpha value is -1.85. The number of hydrogen-bond acceptors (Lipinski definition) is 3. The zero-order valence-corrected chi connectivity index (χ0v) is 14.7. The van der Waals surface area contributed by atoms with Crippen LogP contribution in [0.5, 0.6) is 5.75 Å². The fourth-order valence-corrected chi connectivity index (χ4v) is 3.47. The van der Waals surface area contributed by atoms with E-state index < -0.39 is 0 Å². The average Bonchev–Trinajstić information content (AvgIpc) is 2.52. The number of hydrogen-bond donors (Lipinski definition) is 0. The summed E-state index contributed by atoms with van der Waals surface area (Å²) in [6, 6.07) is 12.9. The van der Waals surface area contributed by atoms with Crippen LogP contribution in [0.3, 0.4) is 0 Å². The monoisotopic (exact) mass is 348 g/mol. The fraction of sp³-hybridized carbons (Fsp3) is 0.235. The van der Waals surface area contributed by atoms with Crippen molar-refractivity contribution in [2.24, 2.45) is 0 Å². The van der Waals surface area contributed by atoms with Crippen LogP contribution in [0.4, 0.5) is 16.2 Å². The summed E-state index contributed by atoms with van der Waals surface area (Å²) in [5, 5.41) is 0.646. The summed E-state index contributed by atoms with van der Waals surface area (Å²) in [5.41, 5.74) is 1.65. The molecule has 1 heterocycles. The van der Waals surface area contributed by atoms with Crippen LogP contribution in [0.2, 0.25) is 5.02 Å². The SMILES string of the molecule is CC(C)Oc1ccc2c(c1)N(C)C(=O)N(c1ccc(Cl)cc1)S2. The molecular weight excluding hydrogens is 332 g/mol. The first-order chi connectivity index (χ1) is 11.0. The van der Waals surface area contributed by atoms with E-state index in [0.29, 0.717) is 5.02 Å². The van der Waals surface area contributed by atoms with Gasteiger partial charge in [0.25, 0.3) is 0 Å². The summed E-state index contributed by atoms with van der Waals surface area (Å²) < 4.78 is 7.37. The number of halogens is 1. The number of benzene rings is 2. The molecule has 0 atom stereocenters. The van der Waals surface area contributed by atoms with Gasteiger partial charge in [-0.1, -0.05) is 11.6 Å². The first-order valence-electron chi connectivity index (χ1n) is 7.28. The summed E-state index contributed by atoms with van der Waals surface area (Å²) in [6.07, 6.45) is 0.0934. The molecule has 2 amide bonds. The Kier molecular flexibility index (Phi) is 4.41. The third-order valence-corrected chi connectivity index (χ3v) is 4.72. The van der Waals surface area contributed by atoms with E-state index >= 15 is 0 Å². The lowest BCUT2D eigenvalue weighted by atomic mass is 10.2. The lowest BCUT2D eigenvalue weighted by molar-refractivity contribution is 0.242. The van der Waals surface area contributed by atoms with E-state index in [2.05, 4.69) is 0 Å². The molecule has 0 fully saturated rings. The van der Waals surface area contributed by atoms with Gasteiger partial charge in [-0.2, -0.15) is 0 Å². The van der Waals surface area contributed by atoms with Crippen molar-refractivity contribution < 1.29 is 9.53 Å². The topological polar surface area (TPSA) is 32.8 Å². The lowest BCUT2D eigenvalue weighted by Crippen LogP contribution is -2.40. The molecule has 0 aromatic heterocycles. The molecule has 1 aliphatic rings. The van der Waals surface area contributed by atoms with Crippen LogP contribution < -0.4 is 13.9 Å². The summed E-state index contributed by atoms with van der Waals surface area (Å²) in [6.45, 7) is 3.96. The highest BCUT2D eigenvalue weighted by molar-refractivity contribution is 8.01. The molecule has 1 aliphatic heterocycles. The van der Waals surface area contributed by atoms with Gasteiger partial charge in [-0.15, -0.1) is 0 Å². The molecule has 0 unspecified atom stereocenters. The Bertz CT molecular complexity index is 734. The molecule has 2 aromatic carbocycles. The van der Waals surface area contributed by atoms with Crippen LogP contribution in [-0.4, -0.2) is 19.2 Å². The molecule has 23 heavy (non-hydrogen) atoms. The average molecular weight is 349 g/mol. The Morgan fingerprint density at radius 3 is 2.48 bits per heavy atom. The van der Waals surface area contributed by atoms with E-state index in [0.717, 1.165) is 22.0 Å². The number of ether oxygens (including phenoxy) is 1. The van der Waals surface area contributed by atoms with Gasteiger partial charge in [0.15, 0.2) is 0 Å². The van der Waals surface area contributed by atoms with E-state index in [1.54, 1.807) is 28.4 Å². The Labute approximate surface area is 145 Å². The van der Waals surface area contributed by atoms with Crippen molar-refractivity contribution in [3.05, 3.63) is 47.5 Å². The lowest BCUT2D eigenvalue weighted by Gasteiger charge is -2.33. The Morgan fingerprint density at radius 1 is 1.13 bits per heavy atom. The summed E-state index contributed by atoms with van der Waals surface area (Å²) >= 11 is 7.32. The van der Waals surface area contributed by atoms with Crippen molar-refractivity contribution in [2.75, 3.05) is 16.3 Å². The minimum atomic E-state index is -0.105. The molecule has 0 spiro atoms. The first kappa shape index (κ1) is 16.0. The third kappa shape index (κ3) is 3.26. The molecule has 0 bridgehead atoms. The van der Waals surface area contributed by atoms with Crippen LogP contribution in [0, 0.1) is 0 Å². The number of carbonyl (C=O) groups excluding carboxylic acids is 1. The van der Waals surface area contributed by atoms with Crippen LogP contribution >= 0.6 is 23.5 Å². The Morgan fingerprint density at radius 2 is 1.83 bits per heavy atom. The van der Waals surface area contributed by atoms with Gasteiger partial charge in [0.05, 0.1) is 22.4 Å². The van der Waals surface area contributed by atoms with Crippen molar-refractivity contribution >= 4 is 41.0 Å². The van der Waals surface area contributed by atoms with E-state index in [9.17, 15) is 4.79 Å². The van der Waals surface area contributed by atoms with Crippen LogP contribution in [0.15, 0.2) is 47.4 Å². The maximum Gasteiger partial charge on any atom is 0.339 e. The molecule has 3 rings (SSSR count). The van der Waals surface area contributed by atoms with Gasteiger partial charge in [0, 0.05) is 18.1 Å². The van der Waals surface area contributed by atoms with Crippen LogP contribution in [0.25, 0.3) is 0 Å². The Balaban J connectivity index is 1.93. The smallest absolute Gasteiger partial charge is 0.339 e. The maximum atomic E-state index is 12.7. The summed E-state index contributed by atoms with van der Waals surface area (Å²) in [7, 11) is 1.77. The van der Waals surface area contributed by atoms with Crippen molar-refractivity contribution in [1.29, 1.82) is 0 Å². The normalized spacial score (nSPS) is 14.2. The first-order valence-corrected chi connectivity index (χ1v) is 8.43. The highest BCUT2D eigenvalue weighted by Crippen LogP contribution is 2.42. The molecule has 0 N–H and O–H groups in total. The number of rotatable bonds is 3. The van der Waals surface area contributed by atoms with Gasteiger partial charge in [0.2, 0.25) is 0 Å². The minimum Gasteiger partial charge on any atom is -0.491 e. The maximum absolute atomic E-state index is 12.7. The van der Waals surface area contributed by atoms with Crippen molar-refractivity contribution in [2.45, 2.75) is 24.8 Å². The van der Waals surface area contributed by atoms with E-state index in [1.165, 1.54) is 11.9 Å². The second-order valence-corrected chi connectivity index (χ2v) is 6.92.